The lowest BCUT2D eigenvalue weighted by Gasteiger charge is -1.99. The predicted molar refractivity (Wildman–Crippen MR) is 87.5 cm³/mol. The van der Waals surface area contributed by atoms with Crippen molar-refractivity contribution in [2.45, 2.75) is 20.0 Å². The van der Waals surface area contributed by atoms with Crippen LogP contribution < -0.4 is 5.32 Å². The SMILES string of the molecule is Cc1cccc2[nH]c(CNCc3nc4ccccc4[nH]3)nc12. The molecule has 5 nitrogen and oxygen atoms in total. The highest BCUT2D eigenvalue weighted by Crippen LogP contribution is 2.15. The number of aromatic nitrogens is 4. The molecule has 0 fully saturated rings. The quantitative estimate of drug-likeness (QED) is 0.541. The van der Waals surface area contributed by atoms with Gasteiger partial charge in [-0.3, -0.25) is 0 Å². The van der Waals surface area contributed by atoms with E-state index < -0.39 is 0 Å². The highest BCUT2D eigenvalue weighted by Gasteiger charge is 2.05. The van der Waals surface area contributed by atoms with Gasteiger partial charge in [-0.05, 0) is 30.7 Å². The normalized spacial score (nSPS) is 11.5. The van der Waals surface area contributed by atoms with Crippen molar-refractivity contribution in [2.75, 3.05) is 0 Å². The molecule has 0 saturated carbocycles. The number of aromatic amines is 2. The van der Waals surface area contributed by atoms with Gasteiger partial charge in [0.25, 0.3) is 0 Å². The highest BCUT2D eigenvalue weighted by atomic mass is 15.0. The van der Waals surface area contributed by atoms with Gasteiger partial charge in [-0.25, -0.2) is 9.97 Å². The van der Waals surface area contributed by atoms with Gasteiger partial charge in [-0.15, -0.1) is 0 Å². The van der Waals surface area contributed by atoms with Gasteiger partial charge >= 0.3 is 0 Å². The van der Waals surface area contributed by atoms with Gasteiger partial charge in [-0.2, -0.15) is 0 Å². The lowest BCUT2D eigenvalue weighted by atomic mass is 10.2. The fourth-order valence-corrected chi connectivity index (χ4v) is 2.70. The topological polar surface area (TPSA) is 69.4 Å². The summed E-state index contributed by atoms with van der Waals surface area (Å²) in [5.74, 6) is 1.88. The molecule has 4 rings (SSSR count). The van der Waals surface area contributed by atoms with Crippen LogP contribution in [0, 0.1) is 6.92 Å². The molecule has 22 heavy (non-hydrogen) atoms. The Hall–Kier alpha value is -2.66. The second-order valence-corrected chi connectivity index (χ2v) is 5.46. The third-order valence-electron chi connectivity index (χ3n) is 3.79. The van der Waals surface area contributed by atoms with Gasteiger partial charge in [0.15, 0.2) is 0 Å². The van der Waals surface area contributed by atoms with Crippen LogP contribution in [-0.2, 0) is 13.1 Å². The van der Waals surface area contributed by atoms with Crippen molar-refractivity contribution in [3.8, 4) is 0 Å². The summed E-state index contributed by atoms with van der Waals surface area (Å²) in [5, 5.41) is 3.37. The van der Waals surface area contributed by atoms with Crippen molar-refractivity contribution in [3.63, 3.8) is 0 Å². The van der Waals surface area contributed by atoms with Gasteiger partial charge in [0.05, 0.1) is 35.2 Å². The molecular formula is C17H17N5. The number of imidazole rings is 2. The maximum absolute atomic E-state index is 4.64. The molecular weight excluding hydrogens is 274 g/mol. The largest absolute Gasteiger partial charge is 0.341 e. The van der Waals surface area contributed by atoms with E-state index in [0.717, 1.165) is 33.7 Å². The van der Waals surface area contributed by atoms with Gasteiger partial charge in [0.1, 0.15) is 11.6 Å². The molecule has 0 aliphatic carbocycles. The molecule has 0 aliphatic heterocycles. The second-order valence-electron chi connectivity index (χ2n) is 5.46. The van der Waals surface area contributed by atoms with Crippen molar-refractivity contribution in [2.24, 2.45) is 0 Å². The van der Waals surface area contributed by atoms with E-state index in [9.17, 15) is 0 Å². The van der Waals surface area contributed by atoms with Gasteiger partial charge in [0, 0.05) is 0 Å². The monoisotopic (exact) mass is 291 g/mol. The smallest absolute Gasteiger partial charge is 0.121 e. The van der Waals surface area contributed by atoms with Crippen LogP contribution >= 0.6 is 0 Å². The van der Waals surface area contributed by atoms with Crippen LogP contribution in [-0.4, -0.2) is 19.9 Å². The maximum Gasteiger partial charge on any atom is 0.121 e. The molecule has 4 aromatic rings. The average molecular weight is 291 g/mol. The zero-order valence-electron chi connectivity index (χ0n) is 12.4. The number of para-hydroxylation sites is 3. The summed E-state index contributed by atoms with van der Waals surface area (Å²) in [7, 11) is 0. The molecule has 2 aromatic carbocycles. The van der Waals surface area contributed by atoms with Crippen LogP contribution in [0.25, 0.3) is 22.1 Å². The fraction of sp³-hybridized carbons (Fsp3) is 0.176. The van der Waals surface area contributed by atoms with E-state index in [1.165, 1.54) is 5.56 Å². The Morgan fingerprint density at radius 2 is 1.59 bits per heavy atom. The molecule has 0 amide bonds. The number of hydrogen-bond acceptors (Lipinski definition) is 3. The number of rotatable bonds is 4. The predicted octanol–water partition coefficient (Wildman–Crippen LogP) is 3.04. The highest BCUT2D eigenvalue weighted by molar-refractivity contribution is 5.78. The van der Waals surface area contributed by atoms with E-state index in [0.29, 0.717) is 13.1 Å². The minimum Gasteiger partial charge on any atom is -0.341 e. The Balaban J connectivity index is 1.46. The minimum atomic E-state index is 0.685. The molecule has 0 unspecified atom stereocenters. The summed E-state index contributed by atoms with van der Waals surface area (Å²) in [4.78, 5) is 15.8. The lowest BCUT2D eigenvalue weighted by Crippen LogP contribution is -2.14. The third kappa shape index (κ3) is 2.35. The second kappa shape index (κ2) is 5.27. The van der Waals surface area contributed by atoms with Gasteiger partial charge in [0.2, 0.25) is 0 Å². The van der Waals surface area contributed by atoms with E-state index in [4.69, 9.17) is 0 Å². The van der Waals surface area contributed by atoms with E-state index in [-0.39, 0.29) is 0 Å². The summed E-state index contributed by atoms with van der Waals surface area (Å²) < 4.78 is 0. The van der Waals surface area contributed by atoms with Crippen molar-refractivity contribution < 1.29 is 0 Å². The number of H-pyrrole nitrogens is 2. The standard InChI is InChI=1S/C17H17N5/c1-11-5-4-8-14-17(11)22-16(21-14)10-18-9-15-19-12-6-2-3-7-13(12)20-15/h2-8,18H,9-10H2,1H3,(H,19,20)(H,21,22). The Kier molecular flexibility index (Phi) is 3.12. The van der Waals surface area contributed by atoms with Crippen LogP contribution in [0.2, 0.25) is 0 Å². The van der Waals surface area contributed by atoms with Crippen LogP contribution in [0.15, 0.2) is 42.5 Å². The van der Waals surface area contributed by atoms with E-state index in [2.05, 4.69) is 44.3 Å². The van der Waals surface area contributed by atoms with E-state index >= 15 is 0 Å². The van der Waals surface area contributed by atoms with Crippen LogP contribution in [0.3, 0.4) is 0 Å². The maximum atomic E-state index is 4.64. The fourth-order valence-electron chi connectivity index (χ4n) is 2.70. The van der Waals surface area contributed by atoms with Crippen LogP contribution in [0.5, 0.6) is 0 Å². The Bertz CT molecular complexity index is 901. The Labute approximate surface area is 127 Å². The summed E-state index contributed by atoms with van der Waals surface area (Å²) in [6.07, 6.45) is 0. The molecule has 0 radical (unpaired) electrons. The number of nitrogens with zero attached hydrogens (tertiary/aromatic N) is 2. The third-order valence-corrected chi connectivity index (χ3v) is 3.79. The molecule has 0 bridgehead atoms. The summed E-state index contributed by atoms with van der Waals surface area (Å²) in [5.41, 5.74) is 5.39. The first-order valence-electron chi connectivity index (χ1n) is 7.38. The first-order chi connectivity index (χ1) is 10.8. The number of hydrogen-bond donors (Lipinski definition) is 3. The number of nitrogens with one attached hydrogen (secondary N) is 3. The number of fused-ring (bicyclic) bond motifs is 2. The van der Waals surface area contributed by atoms with Gasteiger partial charge < -0.3 is 15.3 Å². The molecule has 0 spiro atoms. The number of aryl methyl sites for hydroxylation is 1. The molecule has 0 saturated heterocycles. The molecule has 5 heteroatoms. The number of benzene rings is 2. The molecule has 3 N–H and O–H groups in total. The van der Waals surface area contributed by atoms with Crippen LogP contribution in [0.4, 0.5) is 0 Å². The summed E-state index contributed by atoms with van der Waals surface area (Å²) >= 11 is 0. The molecule has 2 aromatic heterocycles. The first-order valence-corrected chi connectivity index (χ1v) is 7.38. The lowest BCUT2D eigenvalue weighted by molar-refractivity contribution is 0.651. The van der Waals surface area contributed by atoms with Crippen molar-refractivity contribution in [1.29, 1.82) is 0 Å². The van der Waals surface area contributed by atoms with Crippen LogP contribution in [0.1, 0.15) is 17.2 Å². The van der Waals surface area contributed by atoms with Crippen molar-refractivity contribution in [1.82, 2.24) is 25.3 Å². The Morgan fingerprint density at radius 3 is 2.41 bits per heavy atom. The van der Waals surface area contributed by atoms with E-state index in [1.807, 2.05) is 30.3 Å². The Morgan fingerprint density at radius 1 is 0.864 bits per heavy atom. The van der Waals surface area contributed by atoms with Crippen molar-refractivity contribution in [3.05, 3.63) is 59.7 Å². The zero-order chi connectivity index (χ0) is 14.9. The molecule has 110 valence electrons. The molecule has 0 atom stereocenters. The average Bonchev–Trinajstić information content (AvgIpc) is 3.11. The first kappa shape index (κ1) is 13.0. The molecule has 2 heterocycles. The molecule has 0 aliphatic rings. The zero-order valence-corrected chi connectivity index (χ0v) is 12.4. The summed E-state index contributed by atoms with van der Waals surface area (Å²) in [6, 6.07) is 14.2. The summed E-state index contributed by atoms with van der Waals surface area (Å²) in [6.45, 7) is 3.45. The van der Waals surface area contributed by atoms with Gasteiger partial charge in [-0.1, -0.05) is 24.3 Å². The van der Waals surface area contributed by atoms with E-state index in [1.54, 1.807) is 0 Å². The minimum absolute atomic E-state index is 0.685. The van der Waals surface area contributed by atoms with Crippen molar-refractivity contribution >= 4 is 22.1 Å².